The SMILES string of the molecule is CCc1nc2ccccc2n1CC(=O)NC[C@@H](c1cccs1)N(C)C. The number of likely N-dealkylation sites (N-methyl/N-ethyl adjacent to an activating group) is 1. The van der Waals surface area contributed by atoms with Crippen LogP contribution in [0.15, 0.2) is 41.8 Å². The van der Waals surface area contributed by atoms with Crippen molar-refractivity contribution in [1.29, 1.82) is 0 Å². The molecule has 0 bridgehead atoms. The highest BCUT2D eigenvalue weighted by Crippen LogP contribution is 2.22. The van der Waals surface area contributed by atoms with Gasteiger partial charge in [-0.05, 0) is 37.7 Å². The number of hydrogen-bond acceptors (Lipinski definition) is 4. The first-order chi connectivity index (χ1) is 12.1. The minimum atomic E-state index is 0.0151. The highest BCUT2D eigenvalue weighted by atomic mass is 32.1. The minimum Gasteiger partial charge on any atom is -0.353 e. The van der Waals surface area contributed by atoms with Gasteiger partial charge in [-0.2, -0.15) is 0 Å². The molecule has 132 valence electrons. The Morgan fingerprint density at radius 3 is 2.76 bits per heavy atom. The van der Waals surface area contributed by atoms with Crippen molar-refractivity contribution in [3.8, 4) is 0 Å². The van der Waals surface area contributed by atoms with Crippen molar-refractivity contribution in [3.05, 3.63) is 52.5 Å². The lowest BCUT2D eigenvalue weighted by molar-refractivity contribution is -0.121. The van der Waals surface area contributed by atoms with Gasteiger partial charge in [0.05, 0.1) is 17.1 Å². The predicted molar refractivity (Wildman–Crippen MR) is 103 cm³/mol. The van der Waals surface area contributed by atoms with E-state index in [4.69, 9.17) is 0 Å². The Balaban J connectivity index is 1.70. The summed E-state index contributed by atoms with van der Waals surface area (Å²) < 4.78 is 2.01. The van der Waals surface area contributed by atoms with Crippen LogP contribution in [0, 0.1) is 0 Å². The lowest BCUT2D eigenvalue weighted by Gasteiger charge is -2.23. The van der Waals surface area contributed by atoms with Crippen LogP contribution in [0.3, 0.4) is 0 Å². The number of amides is 1. The van der Waals surface area contributed by atoms with Gasteiger partial charge in [-0.25, -0.2) is 4.98 Å². The van der Waals surface area contributed by atoms with Crippen LogP contribution in [-0.2, 0) is 17.8 Å². The number of aromatic nitrogens is 2. The first-order valence-electron chi connectivity index (χ1n) is 8.50. The number of imidazole rings is 1. The first-order valence-corrected chi connectivity index (χ1v) is 9.38. The van der Waals surface area contributed by atoms with E-state index >= 15 is 0 Å². The number of nitrogens with one attached hydrogen (secondary N) is 1. The molecule has 1 aromatic carbocycles. The molecule has 0 spiro atoms. The maximum atomic E-state index is 12.5. The maximum absolute atomic E-state index is 12.5. The number of para-hydroxylation sites is 2. The second kappa shape index (κ2) is 7.80. The zero-order chi connectivity index (χ0) is 17.8. The number of nitrogens with zero attached hydrogens (tertiary/aromatic N) is 3. The predicted octanol–water partition coefficient (Wildman–Crippen LogP) is 3.08. The van der Waals surface area contributed by atoms with E-state index in [-0.39, 0.29) is 11.9 Å². The second-order valence-electron chi connectivity index (χ2n) is 6.26. The fourth-order valence-corrected chi connectivity index (χ4v) is 3.92. The zero-order valence-electron chi connectivity index (χ0n) is 14.9. The topological polar surface area (TPSA) is 50.2 Å². The molecular formula is C19H24N4OS. The number of benzene rings is 1. The molecule has 0 aliphatic rings. The fraction of sp³-hybridized carbons (Fsp3) is 0.368. The average molecular weight is 356 g/mol. The van der Waals surface area contributed by atoms with Gasteiger partial charge in [0, 0.05) is 17.8 Å². The smallest absolute Gasteiger partial charge is 0.240 e. The number of carbonyl (C=O) groups is 1. The van der Waals surface area contributed by atoms with Crippen molar-refractivity contribution in [2.75, 3.05) is 20.6 Å². The summed E-state index contributed by atoms with van der Waals surface area (Å²) in [4.78, 5) is 20.6. The van der Waals surface area contributed by atoms with E-state index in [9.17, 15) is 4.79 Å². The molecule has 2 heterocycles. The van der Waals surface area contributed by atoms with Gasteiger partial charge in [0.25, 0.3) is 0 Å². The van der Waals surface area contributed by atoms with E-state index in [1.54, 1.807) is 11.3 Å². The van der Waals surface area contributed by atoms with E-state index in [2.05, 4.69) is 33.6 Å². The Hall–Kier alpha value is -2.18. The van der Waals surface area contributed by atoms with Gasteiger partial charge in [-0.15, -0.1) is 11.3 Å². The van der Waals surface area contributed by atoms with Crippen LogP contribution in [-0.4, -0.2) is 41.0 Å². The molecule has 1 amide bonds. The van der Waals surface area contributed by atoms with Crippen LogP contribution < -0.4 is 5.32 Å². The van der Waals surface area contributed by atoms with Crippen molar-refractivity contribution in [3.63, 3.8) is 0 Å². The van der Waals surface area contributed by atoms with E-state index in [0.717, 1.165) is 23.3 Å². The van der Waals surface area contributed by atoms with Crippen molar-refractivity contribution in [1.82, 2.24) is 19.8 Å². The van der Waals surface area contributed by atoms with Crippen molar-refractivity contribution in [2.45, 2.75) is 25.9 Å². The Bertz CT molecular complexity index is 838. The third-order valence-corrected chi connectivity index (χ3v) is 5.31. The third-order valence-electron chi connectivity index (χ3n) is 4.34. The lowest BCUT2D eigenvalue weighted by atomic mass is 10.2. The van der Waals surface area contributed by atoms with E-state index in [1.165, 1.54) is 4.88 Å². The largest absolute Gasteiger partial charge is 0.353 e. The monoisotopic (exact) mass is 356 g/mol. The number of hydrogen-bond donors (Lipinski definition) is 1. The van der Waals surface area contributed by atoms with Crippen LogP contribution in [0.4, 0.5) is 0 Å². The quantitative estimate of drug-likeness (QED) is 0.708. The summed E-state index contributed by atoms with van der Waals surface area (Å²) in [5, 5.41) is 5.15. The van der Waals surface area contributed by atoms with E-state index in [1.807, 2.05) is 49.0 Å². The van der Waals surface area contributed by atoms with Crippen LogP contribution in [0.5, 0.6) is 0 Å². The van der Waals surface area contributed by atoms with Crippen molar-refractivity contribution < 1.29 is 4.79 Å². The molecule has 0 aliphatic heterocycles. The maximum Gasteiger partial charge on any atom is 0.240 e. The standard InChI is InChI=1S/C19H24N4OS/c1-4-18-21-14-8-5-6-9-15(14)23(18)13-19(24)20-12-16(22(2)3)17-10-7-11-25-17/h5-11,16H,4,12-13H2,1-3H3,(H,20,24)/t16-/m0/s1. The van der Waals surface area contributed by atoms with Crippen molar-refractivity contribution >= 4 is 28.3 Å². The summed E-state index contributed by atoms with van der Waals surface area (Å²) in [5.41, 5.74) is 1.95. The summed E-state index contributed by atoms with van der Waals surface area (Å²) in [6.45, 7) is 2.96. The normalized spacial score (nSPS) is 12.6. The van der Waals surface area contributed by atoms with Gasteiger partial charge in [0.1, 0.15) is 12.4 Å². The molecule has 0 aliphatic carbocycles. The van der Waals surface area contributed by atoms with Gasteiger partial charge in [-0.3, -0.25) is 4.79 Å². The number of aryl methyl sites for hydroxylation is 1. The molecule has 3 aromatic rings. The molecule has 0 saturated carbocycles. The number of carbonyl (C=O) groups excluding carboxylic acids is 1. The van der Waals surface area contributed by atoms with Crippen LogP contribution in [0.2, 0.25) is 0 Å². The Morgan fingerprint density at radius 1 is 1.28 bits per heavy atom. The number of thiophene rings is 1. The average Bonchev–Trinajstić information content (AvgIpc) is 3.23. The molecule has 2 aromatic heterocycles. The second-order valence-corrected chi connectivity index (χ2v) is 7.23. The molecule has 6 heteroatoms. The zero-order valence-corrected chi connectivity index (χ0v) is 15.7. The van der Waals surface area contributed by atoms with Crippen molar-refractivity contribution in [2.24, 2.45) is 0 Å². The first kappa shape index (κ1) is 17.6. The molecule has 1 N–H and O–H groups in total. The number of fused-ring (bicyclic) bond motifs is 1. The van der Waals surface area contributed by atoms with Gasteiger partial charge in [0.2, 0.25) is 5.91 Å². The number of rotatable bonds is 7. The van der Waals surface area contributed by atoms with Gasteiger partial charge in [0.15, 0.2) is 0 Å². The molecule has 25 heavy (non-hydrogen) atoms. The van der Waals surface area contributed by atoms with E-state index < -0.39 is 0 Å². The highest BCUT2D eigenvalue weighted by molar-refractivity contribution is 7.10. The molecular weight excluding hydrogens is 332 g/mol. The summed E-state index contributed by atoms with van der Waals surface area (Å²) in [5.74, 6) is 0.958. The highest BCUT2D eigenvalue weighted by Gasteiger charge is 2.17. The summed E-state index contributed by atoms with van der Waals surface area (Å²) in [6.07, 6.45) is 0.803. The molecule has 5 nitrogen and oxygen atoms in total. The molecule has 1 atom stereocenters. The van der Waals surface area contributed by atoms with Crippen LogP contribution in [0.25, 0.3) is 11.0 Å². The van der Waals surface area contributed by atoms with Crippen LogP contribution in [0.1, 0.15) is 23.7 Å². The molecule has 3 rings (SSSR count). The van der Waals surface area contributed by atoms with Gasteiger partial charge in [-0.1, -0.05) is 25.1 Å². The Morgan fingerprint density at radius 2 is 2.08 bits per heavy atom. The minimum absolute atomic E-state index is 0.0151. The summed E-state index contributed by atoms with van der Waals surface area (Å²) >= 11 is 1.72. The Kier molecular flexibility index (Phi) is 5.50. The summed E-state index contributed by atoms with van der Waals surface area (Å²) in [7, 11) is 4.07. The fourth-order valence-electron chi connectivity index (χ4n) is 3.00. The molecule has 0 fully saturated rings. The lowest BCUT2D eigenvalue weighted by Crippen LogP contribution is -2.36. The van der Waals surface area contributed by atoms with E-state index in [0.29, 0.717) is 13.1 Å². The van der Waals surface area contributed by atoms with Crippen LogP contribution >= 0.6 is 11.3 Å². The Labute approximate surface area is 152 Å². The third kappa shape index (κ3) is 3.91. The molecule has 0 radical (unpaired) electrons. The summed E-state index contributed by atoms with van der Waals surface area (Å²) in [6, 6.07) is 12.3. The molecule has 0 saturated heterocycles. The molecule has 0 unspecified atom stereocenters. The van der Waals surface area contributed by atoms with Gasteiger partial charge < -0.3 is 14.8 Å². The van der Waals surface area contributed by atoms with Gasteiger partial charge >= 0.3 is 0 Å².